The lowest BCUT2D eigenvalue weighted by molar-refractivity contribution is -0.137. The predicted octanol–water partition coefficient (Wildman–Crippen LogP) is 2.90. The number of nitrogens with one attached hydrogen (secondary N) is 1. The summed E-state index contributed by atoms with van der Waals surface area (Å²) in [5, 5.41) is 11.2. The first-order valence-corrected chi connectivity index (χ1v) is 6.77. The van der Waals surface area contributed by atoms with Crippen LogP contribution in [-0.4, -0.2) is 23.5 Å². The Morgan fingerprint density at radius 2 is 1.90 bits per heavy atom. The fraction of sp³-hybridized carbons (Fsp3) is 0.467. The molecule has 0 fully saturated rings. The minimum absolute atomic E-state index is 0.189. The largest absolute Gasteiger partial charge is 0.481 e. The number of halogens is 1. The molecule has 1 rings (SSSR count). The molecule has 0 spiro atoms. The van der Waals surface area contributed by atoms with Crippen LogP contribution >= 0.6 is 0 Å². The van der Waals surface area contributed by atoms with Crippen LogP contribution in [0.15, 0.2) is 18.2 Å². The molecule has 4 nitrogen and oxygen atoms in total. The molecular formula is C15H20FNO3. The number of carboxylic acids is 1. The second-order valence-electron chi connectivity index (χ2n) is 4.78. The number of benzene rings is 1. The number of aryl methyl sites for hydroxylation is 1. The van der Waals surface area contributed by atoms with Crippen molar-refractivity contribution < 1.29 is 19.1 Å². The SMILES string of the molecule is Cc1ccc(C(=O)NCCCCCCC(=O)O)cc1F. The van der Waals surface area contributed by atoms with Gasteiger partial charge in [-0.2, -0.15) is 0 Å². The Kier molecular flexibility index (Phi) is 6.70. The lowest BCUT2D eigenvalue weighted by Gasteiger charge is -2.06. The van der Waals surface area contributed by atoms with Crippen LogP contribution in [0.2, 0.25) is 0 Å². The average Bonchev–Trinajstić information content (AvgIpc) is 2.40. The smallest absolute Gasteiger partial charge is 0.303 e. The number of hydrogen-bond acceptors (Lipinski definition) is 2. The maximum atomic E-state index is 13.3. The Morgan fingerprint density at radius 3 is 2.55 bits per heavy atom. The van der Waals surface area contributed by atoms with E-state index < -0.39 is 5.97 Å². The molecular weight excluding hydrogens is 261 g/mol. The molecule has 0 aliphatic rings. The number of carbonyl (C=O) groups is 2. The number of carboxylic acid groups (broad SMARTS) is 1. The Hall–Kier alpha value is -1.91. The first kappa shape index (κ1) is 16.1. The van der Waals surface area contributed by atoms with Crippen molar-refractivity contribution in [3.05, 3.63) is 35.1 Å². The first-order valence-electron chi connectivity index (χ1n) is 6.77. The lowest BCUT2D eigenvalue weighted by atomic mass is 10.1. The third kappa shape index (κ3) is 5.82. The molecule has 20 heavy (non-hydrogen) atoms. The van der Waals surface area contributed by atoms with Crippen LogP contribution in [0.3, 0.4) is 0 Å². The molecule has 2 N–H and O–H groups in total. The Labute approximate surface area is 118 Å². The van der Waals surface area contributed by atoms with E-state index >= 15 is 0 Å². The predicted molar refractivity (Wildman–Crippen MR) is 74.2 cm³/mol. The van der Waals surface area contributed by atoms with E-state index in [0.717, 1.165) is 19.3 Å². The zero-order chi connectivity index (χ0) is 15.0. The van der Waals surface area contributed by atoms with Gasteiger partial charge in [0.1, 0.15) is 5.82 Å². The third-order valence-electron chi connectivity index (χ3n) is 3.04. The summed E-state index contributed by atoms with van der Waals surface area (Å²) in [6, 6.07) is 4.41. The molecule has 0 atom stereocenters. The van der Waals surface area contributed by atoms with Gasteiger partial charge in [-0.25, -0.2) is 4.39 Å². The van der Waals surface area contributed by atoms with Crippen LogP contribution in [-0.2, 0) is 4.79 Å². The maximum absolute atomic E-state index is 13.3. The maximum Gasteiger partial charge on any atom is 0.303 e. The molecule has 1 amide bonds. The van der Waals surface area contributed by atoms with Gasteiger partial charge in [0.05, 0.1) is 0 Å². The summed E-state index contributed by atoms with van der Waals surface area (Å²) in [5.41, 5.74) is 0.832. The molecule has 0 heterocycles. The van der Waals surface area contributed by atoms with E-state index in [2.05, 4.69) is 5.32 Å². The van der Waals surface area contributed by atoms with Crippen LogP contribution in [0.4, 0.5) is 4.39 Å². The summed E-state index contributed by atoms with van der Waals surface area (Å²) in [5.74, 6) is -1.44. The van der Waals surface area contributed by atoms with Crippen molar-refractivity contribution in [2.75, 3.05) is 6.54 Å². The van der Waals surface area contributed by atoms with Crippen molar-refractivity contribution in [1.29, 1.82) is 0 Å². The molecule has 1 aromatic carbocycles. The minimum Gasteiger partial charge on any atom is -0.481 e. The van der Waals surface area contributed by atoms with Crippen molar-refractivity contribution in [2.45, 2.75) is 39.0 Å². The normalized spacial score (nSPS) is 10.3. The Bertz CT molecular complexity index is 474. The molecule has 0 bridgehead atoms. The van der Waals surface area contributed by atoms with Gasteiger partial charge in [0.25, 0.3) is 5.91 Å². The Morgan fingerprint density at radius 1 is 1.20 bits per heavy atom. The van der Waals surface area contributed by atoms with E-state index in [4.69, 9.17) is 5.11 Å². The third-order valence-corrected chi connectivity index (χ3v) is 3.04. The molecule has 0 saturated heterocycles. The van der Waals surface area contributed by atoms with E-state index in [0.29, 0.717) is 24.1 Å². The molecule has 1 aromatic rings. The lowest BCUT2D eigenvalue weighted by Crippen LogP contribution is -2.24. The van der Waals surface area contributed by atoms with Crippen LogP contribution < -0.4 is 5.32 Å². The summed E-state index contributed by atoms with van der Waals surface area (Å²) in [6.07, 6.45) is 3.35. The standard InChI is InChI=1S/C15H20FNO3/c1-11-7-8-12(10-13(11)16)15(20)17-9-5-3-2-4-6-14(18)19/h7-8,10H,2-6,9H2,1H3,(H,17,20)(H,18,19). The van der Waals surface area contributed by atoms with Gasteiger partial charge >= 0.3 is 5.97 Å². The van der Waals surface area contributed by atoms with Crippen LogP contribution in [0.25, 0.3) is 0 Å². The number of hydrogen-bond donors (Lipinski definition) is 2. The highest BCUT2D eigenvalue weighted by molar-refractivity contribution is 5.94. The van der Waals surface area contributed by atoms with Gasteiger partial charge in [-0.1, -0.05) is 18.9 Å². The van der Waals surface area contributed by atoms with Gasteiger partial charge in [-0.3, -0.25) is 9.59 Å². The summed E-state index contributed by atoms with van der Waals surface area (Å²) < 4.78 is 13.3. The number of unbranched alkanes of at least 4 members (excludes halogenated alkanes) is 3. The minimum atomic E-state index is -0.778. The molecule has 5 heteroatoms. The quantitative estimate of drug-likeness (QED) is 0.720. The fourth-order valence-corrected chi connectivity index (χ4v) is 1.79. The van der Waals surface area contributed by atoms with Crippen molar-refractivity contribution in [3.8, 4) is 0 Å². The van der Waals surface area contributed by atoms with Crippen LogP contribution in [0, 0.1) is 12.7 Å². The van der Waals surface area contributed by atoms with Crippen molar-refractivity contribution in [3.63, 3.8) is 0 Å². The van der Waals surface area contributed by atoms with E-state index in [1.807, 2.05) is 0 Å². The number of amides is 1. The highest BCUT2D eigenvalue weighted by Gasteiger charge is 2.07. The number of aliphatic carboxylic acids is 1. The highest BCUT2D eigenvalue weighted by Crippen LogP contribution is 2.09. The van der Waals surface area contributed by atoms with Crippen molar-refractivity contribution in [1.82, 2.24) is 5.32 Å². The highest BCUT2D eigenvalue weighted by atomic mass is 19.1. The molecule has 110 valence electrons. The number of carbonyl (C=O) groups excluding carboxylic acids is 1. The van der Waals surface area contributed by atoms with Gasteiger partial charge in [-0.05, 0) is 37.5 Å². The van der Waals surface area contributed by atoms with Crippen molar-refractivity contribution >= 4 is 11.9 Å². The van der Waals surface area contributed by atoms with E-state index in [9.17, 15) is 14.0 Å². The second-order valence-corrected chi connectivity index (χ2v) is 4.78. The average molecular weight is 281 g/mol. The van der Waals surface area contributed by atoms with Gasteiger partial charge < -0.3 is 10.4 Å². The summed E-state index contributed by atoms with van der Waals surface area (Å²) in [6.45, 7) is 2.16. The molecule has 0 radical (unpaired) electrons. The monoisotopic (exact) mass is 281 g/mol. The summed E-state index contributed by atoms with van der Waals surface area (Å²) in [4.78, 5) is 22.0. The molecule has 0 saturated carbocycles. The topological polar surface area (TPSA) is 66.4 Å². The summed E-state index contributed by atoms with van der Waals surface area (Å²) >= 11 is 0. The van der Waals surface area contributed by atoms with Gasteiger partial charge in [0.15, 0.2) is 0 Å². The Balaban J connectivity index is 2.20. The van der Waals surface area contributed by atoms with E-state index in [1.165, 1.54) is 6.07 Å². The second kappa shape index (κ2) is 8.30. The van der Waals surface area contributed by atoms with Crippen LogP contribution in [0.1, 0.15) is 48.0 Å². The molecule has 0 unspecified atom stereocenters. The first-order chi connectivity index (χ1) is 9.50. The van der Waals surface area contributed by atoms with E-state index in [-0.39, 0.29) is 18.1 Å². The zero-order valence-electron chi connectivity index (χ0n) is 11.6. The zero-order valence-corrected chi connectivity index (χ0v) is 11.6. The summed E-state index contributed by atoms with van der Waals surface area (Å²) in [7, 11) is 0. The van der Waals surface area contributed by atoms with E-state index in [1.54, 1.807) is 19.1 Å². The molecule has 0 aliphatic heterocycles. The van der Waals surface area contributed by atoms with Gasteiger partial charge in [-0.15, -0.1) is 0 Å². The van der Waals surface area contributed by atoms with Crippen LogP contribution in [0.5, 0.6) is 0 Å². The number of rotatable bonds is 8. The fourth-order valence-electron chi connectivity index (χ4n) is 1.79. The van der Waals surface area contributed by atoms with Gasteiger partial charge in [0.2, 0.25) is 0 Å². The molecule has 0 aromatic heterocycles. The van der Waals surface area contributed by atoms with Gasteiger partial charge in [0, 0.05) is 18.5 Å². The molecule has 0 aliphatic carbocycles. The van der Waals surface area contributed by atoms with Crippen molar-refractivity contribution in [2.24, 2.45) is 0 Å².